The number of carboxylic acid groups (broad SMARTS) is 1. The monoisotopic (exact) mass is 268 g/mol. The van der Waals surface area contributed by atoms with Crippen molar-refractivity contribution in [2.75, 3.05) is 7.11 Å². The lowest BCUT2D eigenvalue weighted by atomic mass is 9.83. The van der Waals surface area contributed by atoms with Crippen LogP contribution in [0.2, 0.25) is 0 Å². The van der Waals surface area contributed by atoms with E-state index in [1.807, 2.05) is 48.5 Å². The van der Waals surface area contributed by atoms with Crippen molar-refractivity contribution in [1.82, 2.24) is 0 Å². The highest BCUT2D eigenvalue weighted by atomic mass is 16.5. The molecule has 1 aliphatic carbocycles. The first kappa shape index (κ1) is 12.9. The minimum atomic E-state index is -1.41. The third kappa shape index (κ3) is 1.67. The molecular formula is C17H16O3. The van der Waals surface area contributed by atoms with Gasteiger partial charge in [0.05, 0.1) is 0 Å². The Morgan fingerprint density at radius 2 is 1.45 bits per heavy atom. The van der Waals surface area contributed by atoms with Crippen LogP contribution in [-0.4, -0.2) is 18.2 Å². The summed E-state index contributed by atoms with van der Waals surface area (Å²) in [7, 11) is 1.47. The number of carboxylic acids is 1. The molecule has 102 valence electrons. The molecule has 0 aliphatic heterocycles. The summed E-state index contributed by atoms with van der Waals surface area (Å²) in [5, 5.41) is 9.88. The number of rotatable bonds is 2. The van der Waals surface area contributed by atoms with Crippen LogP contribution in [0.5, 0.6) is 0 Å². The van der Waals surface area contributed by atoms with Crippen molar-refractivity contribution in [3.63, 3.8) is 0 Å². The molecule has 0 atom stereocenters. The first-order valence-electron chi connectivity index (χ1n) is 6.65. The van der Waals surface area contributed by atoms with E-state index in [2.05, 4.69) is 0 Å². The van der Waals surface area contributed by atoms with Gasteiger partial charge in [0.25, 0.3) is 0 Å². The molecule has 3 rings (SSSR count). The van der Waals surface area contributed by atoms with Gasteiger partial charge in [0.15, 0.2) is 0 Å². The minimum Gasteiger partial charge on any atom is -0.479 e. The number of hydrogen-bond donors (Lipinski definition) is 1. The molecule has 3 nitrogen and oxygen atoms in total. The molecule has 0 radical (unpaired) electrons. The Labute approximate surface area is 117 Å². The summed E-state index contributed by atoms with van der Waals surface area (Å²) in [6.07, 6.45) is 1.65. The zero-order valence-electron chi connectivity index (χ0n) is 11.3. The summed E-state index contributed by atoms with van der Waals surface area (Å²) < 4.78 is 5.57. The molecule has 0 saturated carbocycles. The van der Waals surface area contributed by atoms with Gasteiger partial charge in [0.1, 0.15) is 0 Å². The van der Waals surface area contributed by atoms with Crippen molar-refractivity contribution in [2.45, 2.75) is 18.4 Å². The van der Waals surface area contributed by atoms with E-state index in [0.717, 1.165) is 35.1 Å². The highest BCUT2D eigenvalue weighted by Gasteiger charge is 2.46. The maximum absolute atomic E-state index is 12.1. The van der Waals surface area contributed by atoms with Gasteiger partial charge in [-0.05, 0) is 24.0 Å². The lowest BCUT2D eigenvalue weighted by Crippen LogP contribution is -2.40. The number of ether oxygens (including phenoxy) is 1. The molecule has 3 heteroatoms. The molecule has 20 heavy (non-hydrogen) atoms. The number of methoxy groups -OCH3 is 1. The Morgan fingerprint density at radius 1 is 1.00 bits per heavy atom. The molecule has 0 saturated heterocycles. The van der Waals surface area contributed by atoms with Crippen LogP contribution in [-0.2, 0) is 28.0 Å². The van der Waals surface area contributed by atoms with Gasteiger partial charge in [-0.3, -0.25) is 0 Å². The number of carbonyl (C=O) groups is 1. The zero-order chi connectivity index (χ0) is 14.2. The molecule has 0 spiro atoms. The minimum absolute atomic E-state index is 0.736. The van der Waals surface area contributed by atoms with Gasteiger partial charge in [-0.25, -0.2) is 4.79 Å². The van der Waals surface area contributed by atoms with Crippen molar-refractivity contribution in [3.05, 3.63) is 70.8 Å². The summed E-state index contributed by atoms with van der Waals surface area (Å²) in [6, 6.07) is 15.3. The molecule has 0 fully saturated rings. The molecule has 0 unspecified atom stereocenters. The molecule has 1 N–H and O–H groups in total. The Hall–Kier alpha value is -2.13. The quantitative estimate of drug-likeness (QED) is 0.911. The topological polar surface area (TPSA) is 46.5 Å². The molecule has 2 aromatic rings. The fourth-order valence-corrected chi connectivity index (χ4v) is 3.12. The SMILES string of the molecule is COC1(C(=O)O)c2ccccc2CCc2ccccc21. The van der Waals surface area contributed by atoms with Crippen molar-refractivity contribution in [3.8, 4) is 0 Å². The van der Waals surface area contributed by atoms with Gasteiger partial charge in [-0.1, -0.05) is 48.5 Å². The average Bonchev–Trinajstić information content (AvgIpc) is 2.62. The second kappa shape index (κ2) is 4.76. The maximum Gasteiger partial charge on any atom is 0.345 e. The molecule has 2 aromatic carbocycles. The van der Waals surface area contributed by atoms with Crippen LogP contribution in [0.25, 0.3) is 0 Å². The Balaban J connectivity index is 2.38. The Bertz CT molecular complexity index is 613. The lowest BCUT2D eigenvalue weighted by molar-refractivity contribution is -0.158. The van der Waals surface area contributed by atoms with E-state index in [1.54, 1.807) is 0 Å². The lowest BCUT2D eigenvalue weighted by Gasteiger charge is -2.30. The number of hydrogen-bond acceptors (Lipinski definition) is 2. The second-order valence-electron chi connectivity index (χ2n) is 5.00. The smallest absolute Gasteiger partial charge is 0.345 e. The second-order valence-corrected chi connectivity index (χ2v) is 5.00. The van der Waals surface area contributed by atoms with E-state index in [1.165, 1.54) is 7.11 Å². The van der Waals surface area contributed by atoms with Crippen molar-refractivity contribution in [1.29, 1.82) is 0 Å². The van der Waals surface area contributed by atoms with Crippen molar-refractivity contribution < 1.29 is 14.6 Å². The van der Waals surface area contributed by atoms with Crippen LogP contribution < -0.4 is 0 Å². The molecule has 0 heterocycles. The van der Waals surface area contributed by atoms with E-state index in [9.17, 15) is 9.90 Å². The van der Waals surface area contributed by atoms with E-state index >= 15 is 0 Å². The highest BCUT2D eigenvalue weighted by Crippen LogP contribution is 2.40. The van der Waals surface area contributed by atoms with Gasteiger partial charge >= 0.3 is 5.97 Å². The number of fused-ring (bicyclic) bond motifs is 2. The van der Waals surface area contributed by atoms with Gasteiger partial charge < -0.3 is 9.84 Å². The van der Waals surface area contributed by atoms with Crippen LogP contribution in [0, 0.1) is 0 Å². The maximum atomic E-state index is 12.1. The van der Waals surface area contributed by atoms with Gasteiger partial charge in [-0.15, -0.1) is 0 Å². The number of aryl methyl sites for hydroxylation is 2. The standard InChI is InChI=1S/C17H16O3/c1-20-17(16(18)19)14-8-4-2-6-12(14)10-11-13-7-3-5-9-15(13)17/h2-9H,10-11H2,1H3,(H,18,19). The summed E-state index contributed by atoms with van der Waals surface area (Å²) >= 11 is 0. The summed E-state index contributed by atoms with van der Waals surface area (Å²) in [5.41, 5.74) is 2.13. The highest BCUT2D eigenvalue weighted by molar-refractivity contribution is 5.85. The summed E-state index contributed by atoms with van der Waals surface area (Å²) in [6.45, 7) is 0. The molecule has 0 aromatic heterocycles. The van der Waals surface area contributed by atoms with Gasteiger partial charge in [0, 0.05) is 18.2 Å². The van der Waals surface area contributed by atoms with Gasteiger partial charge in [0.2, 0.25) is 5.60 Å². The van der Waals surface area contributed by atoms with Gasteiger partial charge in [-0.2, -0.15) is 0 Å². The van der Waals surface area contributed by atoms with Crippen LogP contribution in [0.15, 0.2) is 48.5 Å². The molecular weight excluding hydrogens is 252 g/mol. The summed E-state index contributed by atoms with van der Waals surface area (Å²) in [4.78, 5) is 12.1. The predicted octanol–water partition coefficient (Wildman–Crippen LogP) is 2.76. The predicted molar refractivity (Wildman–Crippen MR) is 75.7 cm³/mol. The normalized spacial score (nSPS) is 15.8. The zero-order valence-corrected chi connectivity index (χ0v) is 11.3. The Morgan fingerprint density at radius 3 is 1.85 bits per heavy atom. The first-order valence-corrected chi connectivity index (χ1v) is 6.65. The molecule has 1 aliphatic rings. The fourth-order valence-electron chi connectivity index (χ4n) is 3.12. The number of benzene rings is 2. The summed E-state index contributed by atoms with van der Waals surface area (Å²) in [5.74, 6) is -0.971. The van der Waals surface area contributed by atoms with Crippen molar-refractivity contribution in [2.24, 2.45) is 0 Å². The van der Waals surface area contributed by atoms with E-state index < -0.39 is 11.6 Å². The van der Waals surface area contributed by atoms with E-state index in [-0.39, 0.29) is 0 Å². The van der Waals surface area contributed by atoms with Crippen molar-refractivity contribution >= 4 is 5.97 Å². The largest absolute Gasteiger partial charge is 0.479 e. The first-order chi connectivity index (χ1) is 9.70. The third-order valence-electron chi connectivity index (χ3n) is 4.06. The molecule has 0 amide bonds. The fraction of sp³-hybridized carbons (Fsp3) is 0.235. The van der Waals surface area contributed by atoms with E-state index in [4.69, 9.17) is 4.74 Å². The average molecular weight is 268 g/mol. The molecule has 0 bridgehead atoms. The van der Waals surface area contributed by atoms with Crippen LogP contribution in [0.4, 0.5) is 0 Å². The van der Waals surface area contributed by atoms with Crippen LogP contribution >= 0.6 is 0 Å². The third-order valence-corrected chi connectivity index (χ3v) is 4.06. The van der Waals surface area contributed by atoms with Crippen LogP contribution in [0.1, 0.15) is 22.3 Å². The van der Waals surface area contributed by atoms with Crippen LogP contribution in [0.3, 0.4) is 0 Å². The Kier molecular flexibility index (Phi) is 3.07. The number of aliphatic carboxylic acids is 1. The van der Waals surface area contributed by atoms with E-state index in [0.29, 0.717) is 0 Å².